The van der Waals surface area contributed by atoms with Crippen LogP contribution in [0.2, 0.25) is 0 Å². The summed E-state index contributed by atoms with van der Waals surface area (Å²) in [5, 5.41) is 9.60. The molecule has 0 radical (unpaired) electrons. The van der Waals surface area contributed by atoms with E-state index in [1.54, 1.807) is 6.07 Å². The van der Waals surface area contributed by atoms with Crippen LogP contribution in [0.25, 0.3) is 0 Å². The van der Waals surface area contributed by atoms with Gasteiger partial charge in [0.2, 0.25) is 5.91 Å². The lowest BCUT2D eigenvalue weighted by atomic mass is 9.90. The molecule has 1 amide bonds. The van der Waals surface area contributed by atoms with Gasteiger partial charge < -0.3 is 20.7 Å². The molecule has 0 saturated carbocycles. The molecule has 1 aromatic heterocycles. The van der Waals surface area contributed by atoms with E-state index < -0.39 is 0 Å². The predicted molar refractivity (Wildman–Crippen MR) is 120 cm³/mol. The van der Waals surface area contributed by atoms with Crippen LogP contribution in [0, 0.1) is 6.92 Å². The zero-order valence-corrected chi connectivity index (χ0v) is 18.2. The summed E-state index contributed by atoms with van der Waals surface area (Å²) in [6.45, 7) is 9.21. The van der Waals surface area contributed by atoms with E-state index >= 15 is 0 Å². The number of aliphatic imine (C=N–C) groups is 1. The van der Waals surface area contributed by atoms with Gasteiger partial charge in [-0.3, -0.25) is 9.79 Å². The van der Waals surface area contributed by atoms with Crippen LogP contribution in [-0.2, 0) is 4.79 Å². The van der Waals surface area contributed by atoms with Crippen molar-refractivity contribution < 1.29 is 9.53 Å². The Kier molecular flexibility index (Phi) is 6.92. The molecule has 1 aliphatic heterocycles. The van der Waals surface area contributed by atoms with Gasteiger partial charge in [0.25, 0.3) is 0 Å². The number of pyridine rings is 1. The summed E-state index contributed by atoms with van der Waals surface area (Å²) in [7, 11) is 0. The first-order valence-corrected chi connectivity index (χ1v) is 10.4. The lowest BCUT2D eigenvalue weighted by Gasteiger charge is -2.38. The summed E-state index contributed by atoms with van der Waals surface area (Å²) in [4.78, 5) is 21.1. The number of hydrogen-bond acceptors (Lipinski definition) is 4. The number of nitrogens with zero attached hydrogens (tertiary/aromatic N) is 2. The minimum Gasteiger partial charge on any atom is -0.487 e. The molecule has 0 fully saturated rings. The Balaban J connectivity index is 1.62. The van der Waals surface area contributed by atoms with Crippen LogP contribution in [0.15, 0.2) is 47.5 Å². The molecule has 1 unspecified atom stereocenters. The highest BCUT2D eigenvalue weighted by atomic mass is 16.5. The Morgan fingerprint density at radius 2 is 2.03 bits per heavy atom. The standard InChI is InChI=1S/C23H31N5O2/c1-5-24-22(25-14-13-21(29)28-20-12-8-9-16(2)26-20)27-18-15-23(3,4)30-19-11-7-6-10-17(18)19/h6-12,18H,5,13-15H2,1-4H3,(H2,24,25,27)(H,26,28,29). The van der Waals surface area contributed by atoms with E-state index in [0.717, 1.165) is 30.0 Å². The number of fused-ring (bicyclic) bond motifs is 1. The quantitative estimate of drug-likeness (QED) is 0.501. The van der Waals surface area contributed by atoms with E-state index in [4.69, 9.17) is 4.74 Å². The van der Waals surface area contributed by atoms with E-state index in [0.29, 0.717) is 18.3 Å². The number of guanidine groups is 1. The first-order chi connectivity index (χ1) is 14.4. The third-order valence-electron chi connectivity index (χ3n) is 4.80. The highest BCUT2D eigenvalue weighted by molar-refractivity contribution is 5.90. The number of anilines is 1. The normalized spacial score (nSPS) is 17.5. The second-order valence-electron chi connectivity index (χ2n) is 8.02. The van der Waals surface area contributed by atoms with Crippen molar-refractivity contribution in [1.29, 1.82) is 0 Å². The largest absolute Gasteiger partial charge is 0.487 e. The fraction of sp³-hybridized carbons (Fsp3) is 0.435. The molecule has 2 heterocycles. The van der Waals surface area contributed by atoms with Crippen LogP contribution < -0.4 is 20.7 Å². The first kappa shape index (κ1) is 21.6. The SMILES string of the molecule is CCNC(=NCCC(=O)Nc1cccc(C)n1)NC1CC(C)(C)Oc2ccccc21. The van der Waals surface area contributed by atoms with Gasteiger partial charge in [-0.05, 0) is 45.9 Å². The Morgan fingerprint density at radius 1 is 1.23 bits per heavy atom. The molecule has 2 aromatic rings. The number of para-hydroxylation sites is 1. The van der Waals surface area contributed by atoms with Gasteiger partial charge in [-0.1, -0.05) is 24.3 Å². The van der Waals surface area contributed by atoms with Gasteiger partial charge in [0.1, 0.15) is 17.2 Å². The number of rotatable bonds is 6. The average Bonchev–Trinajstić information content (AvgIpc) is 2.67. The molecular formula is C23H31N5O2. The number of aromatic nitrogens is 1. The van der Waals surface area contributed by atoms with Crippen LogP contribution in [-0.4, -0.2) is 35.5 Å². The molecule has 1 atom stereocenters. The van der Waals surface area contributed by atoms with Crippen molar-refractivity contribution in [3.05, 3.63) is 53.7 Å². The Labute approximate surface area is 178 Å². The van der Waals surface area contributed by atoms with Gasteiger partial charge in [-0.15, -0.1) is 0 Å². The monoisotopic (exact) mass is 409 g/mol. The molecule has 30 heavy (non-hydrogen) atoms. The summed E-state index contributed by atoms with van der Waals surface area (Å²) >= 11 is 0. The maximum atomic E-state index is 12.2. The van der Waals surface area contributed by atoms with Crippen molar-refractivity contribution in [3.8, 4) is 5.75 Å². The minimum atomic E-state index is -0.274. The van der Waals surface area contributed by atoms with Crippen molar-refractivity contribution >= 4 is 17.7 Å². The van der Waals surface area contributed by atoms with Crippen LogP contribution in [0.4, 0.5) is 5.82 Å². The number of benzene rings is 1. The molecule has 1 aliphatic rings. The van der Waals surface area contributed by atoms with Gasteiger partial charge in [-0.2, -0.15) is 0 Å². The van der Waals surface area contributed by atoms with Crippen molar-refractivity contribution in [2.75, 3.05) is 18.4 Å². The molecule has 0 saturated heterocycles. The number of aryl methyl sites for hydroxylation is 1. The topological polar surface area (TPSA) is 87.6 Å². The van der Waals surface area contributed by atoms with Crippen LogP contribution in [0.5, 0.6) is 5.75 Å². The molecule has 3 rings (SSSR count). The molecule has 0 spiro atoms. The van der Waals surface area contributed by atoms with E-state index in [1.807, 2.05) is 44.2 Å². The summed E-state index contributed by atoms with van der Waals surface area (Å²) in [5.41, 5.74) is 1.71. The van der Waals surface area contributed by atoms with Gasteiger partial charge in [0, 0.05) is 30.6 Å². The molecule has 7 heteroatoms. The van der Waals surface area contributed by atoms with Gasteiger partial charge in [0.15, 0.2) is 5.96 Å². The number of hydrogen-bond donors (Lipinski definition) is 3. The van der Waals surface area contributed by atoms with E-state index in [-0.39, 0.29) is 24.0 Å². The lowest BCUT2D eigenvalue weighted by Crippen LogP contribution is -2.45. The smallest absolute Gasteiger partial charge is 0.227 e. The van der Waals surface area contributed by atoms with Crippen LogP contribution >= 0.6 is 0 Å². The maximum absolute atomic E-state index is 12.2. The lowest BCUT2D eigenvalue weighted by molar-refractivity contribution is -0.116. The fourth-order valence-corrected chi connectivity index (χ4v) is 3.50. The molecule has 1 aromatic carbocycles. The van der Waals surface area contributed by atoms with Crippen LogP contribution in [0.1, 0.15) is 50.9 Å². The van der Waals surface area contributed by atoms with Crippen molar-refractivity contribution in [2.24, 2.45) is 4.99 Å². The summed E-state index contributed by atoms with van der Waals surface area (Å²) in [6, 6.07) is 13.7. The number of carbonyl (C=O) groups is 1. The van der Waals surface area contributed by atoms with E-state index in [2.05, 4.69) is 45.8 Å². The third kappa shape index (κ3) is 5.95. The highest BCUT2D eigenvalue weighted by Gasteiger charge is 2.33. The molecule has 7 nitrogen and oxygen atoms in total. The molecule has 3 N–H and O–H groups in total. The number of carbonyl (C=O) groups excluding carboxylic acids is 1. The van der Waals surface area contributed by atoms with Crippen molar-refractivity contribution in [2.45, 2.75) is 52.2 Å². The van der Waals surface area contributed by atoms with Gasteiger partial charge >= 0.3 is 0 Å². The molecule has 0 aliphatic carbocycles. The predicted octanol–water partition coefficient (Wildman–Crippen LogP) is 3.58. The first-order valence-electron chi connectivity index (χ1n) is 10.4. The summed E-state index contributed by atoms with van der Waals surface area (Å²) in [6.07, 6.45) is 1.09. The fourth-order valence-electron chi connectivity index (χ4n) is 3.50. The summed E-state index contributed by atoms with van der Waals surface area (Å²) in [5.74, 6) is 2.05. The Hall–Kier alpha value is -3.09. The summed E-state index contributed by atoms with van der Waals surface area (Å²) < 4.78 is 6.11. The number of ether oxygens (including phenoxy) is 1. The average molecular weight is 410 g/mol. The molecule has 160 valence electrons. The third-order valence-corrected chi connectivity index (χ3v) is 4.80. The van der Waals surface area contributed by atoms with Gasteiger partial charge in [0.05, 0.1) is 12.6 Å². The number of nitrogens with one attached hydrogen (secondary N) is 3. The van der Waals surface area contributed by atoms with E-state index in [9.17, 15) is 4.79 Å². The minimum absolute atomic E-state index is 0.0769. The second kappa shape index (κ2) is 9.61. The Morgan fingerprint density at radius 3 is 2.80 bits per heavy atom. The second-order valence-corrected chi connectivity index (χ2v) is 8.02. The molecule has 0 bridgehead atoms. The number of amides is 1. The zero-order valence-electron chi connectivity index (χ0n) is 18.2. The Bertz CT molecular complexity index is 910. The highest BCUT2D eigenvalue weighted by Crippen LogP contribution is 2.39. The van der Waals surface area contributed by atoms with Crippen molar-refractivity contribution in [1.82, 2.24) is 15.6 Å². The van der Waals surface area contributed by atoms with Crippen molar-refractivity contribution in [3.63, 3.8) is 0 Å². The van der Waals surface area contributed by atoms with Gasteiger partial charge in [-0.25, -0.2) is 4.98 Å². The van der Waals surface area contributed by atoms with Crippen LogP contribution in [0.3, 0.4) is 0 Å². The maximum Gasteiger partial charge on any atom is 0.227 e. The zero-order chi connectivity index (χ0) is 21.6. The molecular weight excluding hydrogens is 378 g/mol. The van der Waals surface area contributed by atoms with E-state index in [1.165, 1.54) is 0 Å².